The minimum Gasteiger partial charge on any atom is -0.382 e. The molecule has 1 aliphatic carbocycles. The minimum absolute atomic E-state index is 0.0636. The molecule has 3 aromatic rings. The highest BCUT2D eigenvalue weighted by atomic mass is 35.5. The van der Waals surface area contributed by atoms with Gasteiger partial charge in [-0.1, -0.05) is 11.8 Å². The maximum absolute atomic E-state index is 6.07. The fourth-order valence-electron chi connectivity index (χ4n) is 2.78. The number of hydrogen-bond acceptors (Lipinski definition) is 4. The zero-order valence-corrected chi connectivity index (χ0v) is 14.3. The van der Waals surface area contributed by atoms with Gasteiger partial charge in [-0.25, -0.2) is 15.0 Å². The number of halogens is 1. The van der Waals surface area contributed by atoms with Crippen molar-refractivity contribution in [2.24, 2.45) is 7.05 Å². The number of aromatic amines is 1. The van der Waals surface area contributed by atoms with Gasteiger partial charge < -0.3 is 15.3 Å². The van der Waals surface area contributed by atoms with E-state index in [0.717, 1.165) is 16.8 Å². The van der Waals surface area contributed by atoms with E-state index in [9.17, 15) is 0 Å². The van der Waals surface area contributed by atoms with Crippen LogP contribution in [0.3, 0.4) is 0 Å². The van der Waals surface area contributed by atoms with Gasteiger partial charge in [-0.05, 0) is 12.2 Å². The molecule has 0 bridgehead atoms. The highest BCUT2D eigenvalue weighted by Gasteiger charge is 2.25. The van der Waals surface area contributed by atoms with Crippen LogP contribution in [0.2, 0.25) is 0 Å². The summed E-state index contributed by atoms with van der Waals surface area (Å²) in [4.78, 5) is 16.6. The molecule has 0 fully saturated rings. The summed E-state index contributed by atoms with van der Waals surface area (Å²) in [6.07, 6.45) is 8.00. The Kier molecular flexibility index (Phi) is 3.81. The van der Waals surface area contributed by atoms with Gasteiger partial charge in [-0.3, -0.25) is 0 Å². The van der Waals surface area contributed by atoms with Crippen LogP contribution < -0.4 is 5.73 Å². The first-order valence-corrected chi connectivity index (χ1v) is 8.34. The molecule has 3 heterocycles. The van der Waals surface area contributed by atoms with E-state index in [-0.39, 0.29) is 5.92 Å². The topological polar surface area (TPSA) is 85.4 Å². The summed E-state index contributed by atoms with van der Waals surface area (Å²) in [7, 11) is 1.88. The number of imidazole rings is 1. The fourth-order valence-corrected chi connectivity index (χ4v) is 2.87. The number of allylic oxidation sites excluding steroid dienone is 1. The van der Waals surface area contributed by atoms with Crippen LogP contribution in [0.1, 0.15) is 17.2 Å². The van der Waals surface area contributed by atoms with E-state index >= 15 is 0 Å². The number of nitrogens with two attached hydrogens (primary N) is 1. The molecular weight excluding hydrogens is 336 g/mol. The number of nitrogens with zero attached hydrogens (tertiary/aromatic N) is 4. The second kappa shape index (κ2) is 6.14. The van der Waals surface area contributed by atoms with E-state index < -0.39 is 0 Å². The molecule has 0 saturated heterocycles. The van der Waals surface area contributed by atoms with Crippen LogP contribution in [-0.2, 0) is 13.5 Å². The normalized spacial score (nSPS) is 12.6. The summed E-state index contributed by atoms with van der Waals surface area (Å²) in [6.45, 7) is 0. The van der Waals surface area contributed by atoms with Crippen LogP contribution in [-0.4, -0.2) is 30.4 Å². The van der Waals surface area contributed by atoms with E-state index in [1.54, 1.807) is 12.4 Å². The lowest BCUT2D eigenvalue weighted by Gasteiger charge is -2.05. The van der Waals surface area contributed by atoms with Crippen LogP contribution in [0.15, 0.2) is 30.4 Å². The lowest BCUT2D eigenvalue weighted by molar-refractivity contribution is 0.929. The second-order valence-electron chi connectivity index (χ2n) is 5.71. The third-order valence-electron chi connectivity index (χ3n) is 4.03. The molecule has 3 N–H and O–H groups in total. The Labute approximate surface area is 149 Å². The average molecular weight is 351 g/mol. The molecular formula is C18H15ClN6. The van der Waals surface area contributed by atoms with Crippen molar-refractivity contribution in [3.05, 3.63) is 41.7 Å². The van der Waals surface area contributed by atoms with Gasteiger partial charge in [0.25, 0.3) is 0 Å². The predicted octanol–water partition coefficient (Wildman–Crippen LogP) is 2.53. The van der Waals surface area contributed by atoms with Gasteiger partial charge in [-0.15, -0.1) is 17.3 Å². The van der Waals surface area contributed by atoms with Crippen LogP contribution >= 0.6 is 11.6 Å². The maximum Gasteiger partial charge on any atom is 0.165 e. The Bertz CT molecular complexity index is 1080. The summed E-state index contributed by atoms with van der Waals surface area (Å²) >= 11 is 5.62. The Balaban J connectivity index is 1.79. The summed E-state index contributed by atoms with van der Waals surface area (Å²) in [5.74, 6) is 7.67. The molecule has 4 rings (SSSR count). The molecule has 6 nitrogen and oxygen atoms in total. The first-order valence-electron chi connectivity index (χ1n) is 7.80. The minimum atomic E-state index is 0.0636. The molecule has 0 atom stereocenters. The first-order chi connectivity index (χ1) is 12.2. The number of aryl methyl sites for hydroxylation is 1. The fraction of sp³-hybridized carbons (Fsp3) is 0.222. The SMILES string of the molecule is Cn1cnc2c(N)nc(-c3c[nH]c(CC=C=CCCl)c3C3C#C3)nc21. The molecule has 7 heteroatoms. The lowest BCUT2D eigenvalue weighted by atomic mass is 10.0. The van der Waals surface area contributed by atoms with Gasteiger partial charge in [-0.2, -0.15) is 0 Å². The van der Waals surface area contributed by atoms with E-state index in [2.05, 4.69) is 37.5 Å². The van der Waals surface area contributed by atoms with Crippen molar-refractivity contribution in [3.63, 3.8) is 0 Å². The first kappa shape index (κ1) is 15.5. The summed E-state index contributed by atoms with van der Waals surface area (Å²) < 4.78 is 1.83. The summed E-state index contributed by atoms with van der Waals surface area (Å²) in [5, 5.41) is 0. The number of nitrogens with one attached hydrogen (secondary N) is 1. The van der Waals surface area contributed by atoms with Crippen LogP contribution in [0.5, 0.6) is 0 Å². The van der Waals surface area contributed by atoms with Crippen molar-refractivity contribution in [2.45, 2.75) is 12.3 Å². The molecule has 0 spiro atoms. The number of hydrogen-bond donors (Lipinski definition) is 2. The number of alkyl halides is 1. The van der Waals surface area contributed by atoms with Crippen LogP contribution in [0.4, 0.5) is 5.82 Å². The maximum atomic E-state index is 6.07. The van der Waals surface area contributed by atoms with Crippen molar-refractivity contribution in [1.82, 2.24) is 24.5 Å². The van der Waals surface area contributed by atoms with Gasteiger partial charge in [0.05, 0.1) is 6.33 Å². The van der Waals surface area contributed by atoms with E-state index in [1.165, 1.54) is 0 Å². The van der Waals surface area contributed by atoms with Crippen molar-refractivity contribution in [3.8, 4) is 23.2 Å². The molecule has 25 heavy (non-hydrogen) atoms. The van der Waals surface area contributed by atoms with Gasteiger partial charge in [0.1, 0.15) is 11.4 Å². The molecule has 0 aromatic carbocycles. The van der Waals surface area contributed by atoms with Gasteiger partial charge >= 0.3 is 0 Å². The lowest BCUT2D eigenvalue weighted by Crippen LogP contribution is -2.01. The number of anilines is 1. The molecule has 1 aliphatic rings. The zero-order chi connectivity index (χ0) is 17.4. The number of rotatable bonds is 5. The van der Waals surface area contributed by atoms with Crippen molar-refractivity contribution in [2.75, 3.05) is 11.6 Å². The molecule has 3 aromatic heterocycles. The number of H-pyrrole nitrogens is 1. The molecule has 0 unspecified atom stereocenters. The van der Waals surface area contributed by atoms with Gasteiger partial charge in [0.15, 0.2) is 17.3 Å². The standard InChI is InChI=1S/C18H15ClN6/c1-25-10-22-15-16(20)23-17(24-18(15)25)12-9-21-13(5-3-2-4-8-19)14(12)11-6-7-11/h3-4,9-11,21H,5,8H2,1H3,(H2,20,23,24). The monoisotopic (exact) mass is 350 g/mol. The Hall–Kier alpha value is -3.00. The van der Waals surface area contributed by atoms with Crippen molar-refractivity contribution in [1.29, 1.82) is 0 Å². The van der Waals surface area contributed by atoms with Crippen molar-refractivity contribution >= 4 is 28.6 Å². The summed E-state index contributed by atoms with van der Waals surface area (Å²) in [5.41, 5.74) is 13.5. The molecule has 124 valence electrons. The number of aromatic nitrogens is 5. The largest absolute Gasteiger partial charge is 0.382 e. The Morgan fingerprint density at radius 1 is 1.40 bits per heavy atom. The van der Waals surface area contributed by atoms with Gasteiger partial charge in [0.2, 0.25) is 0 Å². The number of nitrogen functional groups attached to an aromatic ring is 1. The van der Waals surface area contributed by atoms with E-state index in [1.807, 2.05) is 23.9 Å². The van der Waals surface area contributed by atoms with Crippen LogP contribution in [0.25, 0.3) is 22.6 Å². The van der Waals surface area contributed by atoms with Crippen molar-refractivity contribution < 1.29 is 0 Å². The van der Waals surface area contributed by atoms with E-state index in [0.29, 0.717) is 35.1 Å². The Morgan fingerprint density at radius 2 is 2.24 bits per heavy atom. The average Bonchev–Trinajstić information content (AvgIpc) is 3.25. The third-order valence-corrected chi connectivity index (χ3v) is 4.18. The Morgan fingerprint density at radius 3 is 3.00 bits per heavy atom. The number of fused-ring (bicyclic) bond motifs is 1. The molecule has 0 aliphatic heterocycles. The molecule has 0 saturated carbocycles. The predicted molar refractivity (Wildman–Crippen MR) is 98.1 cm³/mol. The molecule has 0 amide bonds. The summed E-state index contributed by atoms with van der Waals surface area (Å²) in [6, 6.07) is 0. The smallest absolute Gasteiger partial charge is 0.165 e. The quantitative estimate of drug-likeness (QED) is 0.420. The highest BCUT2D eigenvalue weighted by molar-refractivity contribution is 6.18. The third kappa shape index (κ3) is 2.80. The van der Waals surface area contributed by atoms with Crippen LogP contribution in [0, 0.1) is 11.8 Å². The zero-order valence-electron chi connectivity index (χ0n) is 13.5. The second-order valence-corrected chi connectivity index (χ2v) is 6.02. The van der Waals surface area contributed by atoms with Gasteiger partial charge in [0, 0.05) is 42.4 Å². The van der Waals surface area contributed by atoms with E-state index in [4.69, 9.17) is 17.3 Å². The molecule has 0 radical (unpaired) electrons. The highest BCUT2D eigenvalue weighted by Crippen LogP contribution is 2.35.